The highest BCUT2D eigenvalue weighted by Crippen LogP contribution is 2.36. The molecule has 1 amide bonds. The average molecular weight is 385 g/mol. The summed E-state index contributed by atoms with van der Waals surface area (Å²) in [7, 11) is 0. The molecular weight excluding hydrogens is 371 g/mol. The minimum absolute atomic E-state index is 0.0368. The number of likely N-dealkylation sites (tertiary alicyclic amines) is 1. The van der Waals surface area contributed by atoms with Gasteiger partial charge in [0.05, 0.1) is 5.56 Å². The lowest BCUT2D eigenvalue weighted by Gasteiger charge is -2.25. The maximum absolute atomic E-state index is 12.9. The SMILES string of the molecule is CC1CCN(C(=O)c2ccc(Br)c(C(F)(F)F)c2)C1CCl. The van der Waals surface area contributed by atoms with Crippen LogP contribution in [0.1, 0.15) is 29.3 Å². The summed E-state index contributed by atoms with van der Waals surface area (Å²) in [6.07, 6.45) is -3.69. The summed E-state index contributed by atoms with van der Waals surface area (Å²) in [5.41, 5.74) is -0.808. The molecule has 1 aliphatic heterocycles. The molecule has 2 unspecified atom stereocenters. The summed E-state index contributed by atoms with van der Waals surface area (Å²) < 4.78 is 38.6. The summed E-state index contributed by atoms with van der Waals surface area (Å²) in [6.45, 7) is 2.51. The molecule has 1 aromatic rings. The zero-order valence-corrected chi connectivity index (χ0v) is 13.6. The van der Waals surface area contributed by atoms with Gasteiger partial charge in [0, 0.05) is 28.5 Å². The molecular formula is C14H14BrClF3NO. The van der Waals surface area contributed by atoms with Gasteiger partial charge in [-0.1, -0.05) is 22.9 Å². The van der Waals surface area contributed by atoms with Gasteiger partial charge in [-0.05, 0) is 30.5 Å². The molecule has 2 atom stereocenters. The zero-order chi connectivity index (χ0) is 15.8. The molecule has 21 heavy (non-hydrogen) atoms. The smallest absolute Gasteiger partial charge is 0.334 e. The lowest BCUT2D eigenvalue weighted by atomic mass is 10.0. The van der Waals surface area contributed by atoms with E-state index in [1.165, 1.54) is 12.1 Å². The fraction of sp³-hybridized carbons (Fsp3) is 0.500. The fourth-order valence-corrected chi connectivity index (χ4v) is 3.48. The van der Waals surface area contributed by atoms with Crippen LogP contribution >= 0.6 is 27.5 Å². The summed E-state index contributed by atoms with van der Waals surface area (Å²) in [5, 5.41) is 0. The second-order valence-corrected chi connectivity index (χ2v) is 6.34. The quantitative estimate of drug-likeness (QED) is 0.685. The van der Waals surface area contributed by atoms with Crippen molar-refractivity contribution in [1.29, 1.82) is 0 Å². The predicted octanol–water partition coefficient (Wildman–Crippen LogP) is 4.56. The van der Waals surface area contributed by atoms with Gasteiger partial charge in [-0.3, -0.25) is 4.79 Å². The van der Waals surface area contributed by atoms with Gasteiger partial charge in [-0.25, -0.2) is 0 Å². The van der Waals surface area contributed by atoms with Crippen LogP contribution in [0.2, 0.25) is 0 Å². The van der Waals surface area contributed by atoms with Crippen LogP contribution in [0.15, 0.2) is 22.7 Å². The largest absolute Gasteiger partial charge is 0.417 e. The molecule has 0 spiro atoms. The number of hydrogen-bond acceptors (Lipinski definition) is 1. The number of hydrogen-bond donors (Lipinski definition) is 0. The molecule has 0 saturated carbocycles. The van der Waals surface area contributed by atoms with Gasteiger partial charge in [0.25, 0.3) is 5.91 Å². The molecule has 2 nitrogen and oxygen atoms in total. The van der Waals surface area contributed by atoms with Crippen molar-refractivity contribution in [3.63, 3.8) is 0 Å². The van der Waals surface area contributed by atoms with Crippen LogP contribution in [-0.2, 0) is 6.18 Å². The van der Waals surface area contributed by atoms with Crippen LogP contribution in [0.25, 0.3) is 0 Å². The fourth-order valence-electron chi connectivity index (χ4n) is 2.54. The van der Waals surface area contributed by atoms with E-state index in [2.05, 4.69) is 15.9 Å². The Morgan fingerprint density at radius 1 is 1.48 bits per heavy atom. The van der Waals surface area contributed by atoms with Crippen LogP contribution in [0.5, 0.6) is 0 Å². The molecule has 0 aromatic heterocycles. The number of carbonyl (C=O) groups is 1. The molecule has 0 radical (unpaired) electrons. The Balaban J connectivity index is 2.32. The van der Waals surface area contributed by atoms with E-state index in [9.17, 15) is 18.0 Å². The van der Waals surface area contributed by atoms with E-state index in [-0.39, 0.29) is 27.9 Å². The lowest BCUT2D eigenvalue weighted by Crippen LogP contribution is -2.38. The van der Waals surface area contributed by atoms with Crippen molar-refractivity contribution in [3.8, 4) is 0 Å². The third-order valence-corrected chi connectivity index (χ3v) is 4.83. The minimum atomic E-state index is -4.50. The van der Waals surface area contributed by atoms with Crippen LogP contribution < -0.4 is 0 Å². The van der Waals surface area contributed by atoms with Crippen molar-refractivity contribution in [3.05, 3.63) is 33.8 Å². The Morgan fingerprint density at radius 3 is 2.71 bits per heavy atom. The molecule has 1 aromatic carbocycles. The number of amides is 1. The van der Waals surface area contributed by atoms with Gasteiger partial charge in [0.1, 0.15) is 0 Å². The van der Waals surface area contributed by atoms with E-state index >= 15 is 0 Å². The van der Waals surface area contributed by atoms with Crippen molar-refractivity contribution in [1.82, 2.24) is 4.90 Å². The summed E-state index contributed by atoms with van der Waals surface area (Å²) in [4.78, 5) is 14.0. The first-order chi connectivity index (χ1) is 9.75. The first kappa shape index (κ1) is 16.6. The van der Waals surface area contributed by atoms with E-state index in [0.29, 0.717) is 6.54 Å². The van der Waals surface area contributed by atoms with E-state index in [1.54, 1.807) is 4.90 Å². The molecule has 1 heterocycles. The maximum Gasteiger partial charge on any atom is 0.417 e. The maximum atomic E-state index is 12.9. The van der Waals surface area contributed by atoms with Crippen molar-refractivity contribution in [2.75, 3.05) is 12.4 Å². The van der Waals surface area contributed by atoms with Crippen LogP contribution in [0, 0.1) is 5.92 Å². The first-order valence-corrected chi connectivity index (χ1v) is 7.82. The molecule has 0 bridgehead atoms. The summed E-state index contributed by atoms with van der Waals surface area (Å²) in [6, 6.07) is 3.42. The Kier molecular flexibility index (Phi) is 4.88. The Morgan fingerprint density at radius 2 is 2.14 bits per heavy atom. The summed E-state index contributed by atoms with van der Waals surface area (Å²) >= 11 is 8.74. The van der Waals surface area contributed by atoms with Gasteiger partial charge >= 0.3 is 6.18 Å². The highest BCUT2D eigenvalue weighted by atomic mass is 79.9. The summed E-state index contributed by atoms with van der Waals surface area (Å²) in [5.74, 6) is 0.141. The normalized spacial score (nSPS) is 22.7. The van der Waals surface area contributed by atoms with Crippen LogP contribution in [-0.4, -0.2) is 29.3 Å². The van der Waals surface area contributed by atoms with Crippen molar-refractivity contribution in [2.45, 2.75) is 25.6 Å². The molecule has 7 heteroatoms. The zero-order valence-electron chi connectivity index (χ0n) is 11.3. The van der Waals surface area contributed by atoms with Crippen LogP contribution in [0.3, 0.4) is 0 Å². The number of alkyl halides is 4. The standard InChI is InChI=1S/C14H14BrClF3NO/c1-8-4-5-20(12(8)7-16)13(21)9-2-3-11(15)10(6-9)14(17,18)19/h2-3,6,8,12H,4-5,7H2,1H3. The second kappa shape index (κ2) is 6.16. The minimum Gasteiger partial charge on any atom is -0.334 e. The lowest BCUT2D eigenvalue weighted by molar-refractivity contribution is -0.138. The first-order valence-electron chi connectivity index (χ1n) is 6.49. The third-order valence-electron chi connectivity index (χ3n) is 3.82. The molecule has 2 rings (SSSR count). The molecule has 116 valence electrons. The molecule has 1 aliphatic rings. The van der Waals surface area contributed by atoms with Gasteiger partial charge in [-0.2, -0.15) is 13.2 Å². The van der Waals surface area contributed by atoms with Crippen molar-refractivity contribution < 1.29 is 18.0 Å². The number of rotatable bonds is 2. The predicted molar refractivity (Wildman–Crippen MR) is 78.5 cm³/mol. The number of carbonyl (C=O) groups excluding carboxylic acids is 1. The third kappa shape index (κ3) is 3.37. The number of benzene rings is 1. The molecule has 1 fully saturated rings. The Labute approximate surface area is 134 Å². The van der Waals surface area contributed by atoms with Gasteiger partial charge in [-0.15, -0.1) is 11.6 Å². The molecule has 0 aliphatic carbocycles. The number of halogens is 5. The van der Waals surface area contributed by atoms with Gasteiger partial charge in [0.15, 0.2) is 0 Å². The monoisotopic (exact) mass is 383 g/mol. The van der Waals surface area contributed by atoms with E-state index in [1.807, 2.05) is 6.92 Å². The molecule has 0 N–H and O–H groups in total. The topological polar surface area (TPSA) is 20.3 Å². The Hall–Kier alpha value is -0.750. The van der Waals surface area contributed by atoms with Crippen LogP contribution in [0.4, 0.5) is 13.2 Å². The van der Waals surface area contributed by atoms with E-state index in [0.717, 1.165) is 12.5 Å². The highest BCUT2D eigenvalue weighted by Gasteiger charge is 2.37. The van der Waals surface area contributed by atoms with E-state index < -0.39 is 17.6 Å². The van der Waals surface area contributed by atoms with Crippen molar-refractivity contribution >= 4 is 33.4 Å². The van der Waals surface area contributed by atoms with Gasteiger partial charge < -0.3 is 4.90 Å². The highest BCUT2D eigenvalue weighted by molar-refractivity contribution is 9.10. The number of nitrogens with zero attached hydrogens (tertiary/aromatic N) is 1. The molecule has 1 saturated heterocycles. The Bertz CT molecular complexity index is 550. The van der Waals surface area contributed by atoms with Crippen molar-refractivity contribution in [2.24, 2.45) is 5.92 Å². The van der Waals surface area contributed by atoms with E-state index in [4.69, 9.17) is 11.6 Å². The average Bonchev–Trinajstić information content (AvgIpc) is 2.78. The van der Waals surface area contributed by atoms with Gasteiger partial charge in [0.2, 0.25) is 0 Å². The second-order valence-electron chi connectivity index (χ2n) is 5.18.